The molecule has 8 nitrogen and oxygen atoms in total. The molecule has 0 unspecified atom stereocenters. The molecule has 0 aliphatic rings. The van der Waals surface area contributed by atoms with Crippen LogP contribution in [0.3, 0.4) is 0 Å². The number of nitrogens with zero attached hydrogens (tertiary/aromatic N) is 4. The second-order valence-electron chi connectivity index (χ2n) is 6.68. The molecule has 2 heterocycles. The number of methoxy groups -OCH3 is 2. The highest BCUT2D eigenvalue weighted by atomic mass is 16.5. The Kier molecular flexibility index (Phi) is 6.22. The second kappa shape index (κ2) is 9.57. The number of ether oxygens (including phenoxy) is 2. The molecule has 4 aromatic rings. The van der Waals surface area contributed by atoms with E-state index in [0.717, 1.165) is 5.69 Å². The van der Waals surface area contributed by atoms with E-state index in [2.05, 4.69) is 20.3 Å². The molecule has 32 heavy (non-hydrogen) atoms. The van der Waals surface area contributed by atoms with Crippen molar-refractivity contribution < 1.29 is 14.3 Å². The number of aromatic nitrogens is 3. The van der Waals surface area contributed by atoms with Gasteiger partial charge in [-0.25, -0.2) is 15.0 Å². The summed E-state index contributed by atoms with van der Waals surface area (Å²) in [6, 6.07) is 19.7. The minimum atomic E-state index is -0.292. The van der Waals surface area contributed by atoms with Crippen LogP contribution in [-0.4, -0.2) is 35.1 Å². The van der Waals surface area contributed by atoms with E-state index in [4.69, 9.17) is 9.47 Å². The first kappa shape index (κ1) is 20.8. The number of rotatable bonds is 7. The highest BCUT2D eigenvalue weighted by Gasteiger charge is 2.17. The SMILES string of the molecule is COc1cc(OC)cc(C(=O)Nc2cccc(N(c3ccccn3)c3ncccn3)c2)c1. The van der Waals surface area contributed by atoms with Crippen LogP contribution in [-0.2, 0) is 0 Å². The van der Waals surface area contributed by atoms with Gasteiger partial charge in [-0.15, -0.1) is 0 Å². The summed E-state index contributed by atoms with van der Waals surface area (Å²) in [5, 5.41) is 2.92. The van der Waals surface area contributed by atoms with Crippen LogP contribution < -0.4 is 19.7 Å². The zero-order chi connectivity index (χ0) is 22.3. The molecule has 2 aromatic carbocycles. The van der Waals surface area contributed by atoms with E-state index in [1.165, 1.54) is 14.2 Å². The summed E-state index contributed by atoms with van der Waals surface area (Å²) in [5.41, 5.74) is 1.77. The van der Waals surface area contributed by atoms with Crippen molar-refractivity contribution in [2.75, 3.05) is 24.4 Å². The molecule has 160 valence electrons. The summed E-state index contributed by atoms with van der Waals surface area (Å²) in [5.74, 6) is 1.89. The predicted octanol–water partition coefficient (Wildman–Crippen LogP) is 4.61. The quantitative estimate of drug-likeness (QED) is 0.461. The van der Waals surface area contributed by atoms with Crippen molar-refractivity contribution in [3.8, 4) is 11.5 Å². The van der Waals surface area contributed by atoms with Gasteiger partial charge in [0.15, 0.2) is 0 Å². The highest BCUT2D eigenvalue weighted by molar-refractivity contribution is 6.05. The molecule has 0 atom stereocenters. The first-order chi connectivity index (χ1) is 15.7. The van der Waals surface area contributed by atoms with Crippen LogP contribution in [0.4, 0.5) is 23.1 Å². The maximum absolute atomic E-state index is 12.9. The molecule has 0 fully saturated rings. The van der Waals surface area contributed by atoms with Crippen molar-refractivity contribution in [1.82, 2.24) is 15.0 Å². The van der Waals surface area contributed by atoms with Gasteiger partial charge in [0.2, 0.25) is 5.95 Å². The van der Waals surface area contributed by atoms with Gasteiger partial charge >= 0.3 is 0 Å². The minimum absolute atomic E-state index is 0.292. The molecule has 0 aliphatic heterocycles. The molecule has 0 spiro atoms. The molecule has 1 N–H and O–H groups in total. The highest BCUT2D eigenvalue weighted by Crippen LogP contribution is 2.32. The Bertz CT molecular complexity index is 1140. The third-order valence-electron chi connectivity index (χ3n) is 4.61. The molecular formula is C24H21N5O3. The van der Waals surface area contributed by atoms with E-state index in [1.54, 1.807) is 48.9 Å². The lowest BCUT2D eigenvalue weighted by Crippen LogP contribution is -2.16. The zero-order valence-electron chi connectivity index (χ0n) is 17.6. The topological polar surface area (TPSA) is 89.5 Å². The van der Waals surface area contributed by atoms with Crippen molar-refractivity contribution in [2.24, 2.45) is 0 Å². The van der Waals surface area contributed by atoms with Crippen molar-refractivity contribution in [1.29, 1.82) is 0 Å². The van der Waals surface area contributed by atoms with E-state index in [0.29, 0.717) is 34.5 Å². The van der Waals surface area contributed by atoms with Gasteiger partial charge < -0.3 is 14.8 Å². The van der Waals surface area contributed by atoms with Crippen LogP contribution in [0.15, 0.2) is 85.3 Å². The van der Waals surface area contributed by atoms with Gasteiger partial charge in [0.05, 0.1) is 19.9 Å². The number of carbonyl (C=O) groups is 1. The molecule has 0 saturated carbocycles. The Hall–Kier alpha value is -4.46. The Morgan fingerprint density at radius 1 is 0.812 bits per heavy atom. The Balaban J connectivity index is 1.66. The van der Waals surface area contributed by atoms with E-state index in [1.807, 2.05) is 41.3 Å². The van der Waals surface area contributed by atoms with E-state index < -0.39 is 0 Å². The molecular weight excluding hydrogens is 406 g/mol. The fourth-order valence-electron chi connectivity index (χ4n) is 3.11. The van der Waals surface area contributed by atoms with E-state index in [9.17, 15) is 4.79 Å². The Morgan fingerprint density at radius 2 is 1.53 bits per heavy atom. The first-order valence-corrected chi connectivity index (χ1v) is 9.80. The van der Waals surface area contributed by atoms with Crippen molar-refractivity contribution in [3.63, 3.8) is 0 Å². The summed E-state index contributed by atoms with van der Waals surface area (Å²) >= 11 is 0. The summed E-state index contributed by atoms with van der Waals surface area (Å²) in [4.78, 5) is 27.9. The van der Waals surface area contributed by atoms with Crippen molar-refractivity contribution in [2.45, 2.75) is 0 Å². The molecule has 1 amide bonds. The average Bonchev–Trinajstić information content (AvgIpc) is 2.85. The molecule has 2 aromatic heterocycles. The number of pyridine rings is 1. The Labute approximate surface area is 185 Å². The smallest absolute Gasteiger partial charge is 0.255 e. The van der Waals surface area contributed by atoms with Crippen LogP contribution in [0.5, 0.6) is 11.5 Å². The van der Waals surface area contributed by atoms with Crippen molar-refractivity contribution in [3.05, 3.63) is 90.9 Å². The van der Waals surface area contributed by atoms with Gasteiger partial charge in [-0.05, 0) is 48.5 Å². The number of benzene rings is 2. The number of hydrogen-bond donors (Lipinski definition) is 1. The summed E-state index contributed by atoms with van der Waals surface area (Å²) in [6.45, 7) is 0. The number of anilines is 4. The molecule has 0 bridgehead atoms. The molecule has 0 aliphatic carbocycles. The van der Waals surface area contributed by atoms with Gasteiger partial charge in [-0.1, -0.05) is 12.1 Å². The summed E-state index contributed by atoms with van der Waals surface area (Å²) < 4.78 is 10.5. The van der Waals surface area contributed by atoms with Crippen LogP contribution in [0, 0.1) is 0 Å². The van der Waals surface area contributed by atoms with E-state index >= 15 is 0 Å². The summed E-state index contributed by atoms with van der Waals surface area (Å²) in [7, 11) is 3.08. The third-order valence-corrected chi connectivity index (χ3v) is 4.61. The molecule has 0 saturated heterocycles. The average molecular weight is 427 g/mol. The molecule has 8 heteroatoms. The maximum atomic E-state index is 12.9. The van der Waals surface area contributed by atoms with Crippen LogP contribution >= 0.6 is 0 Å². The number of nitrogens with one attached hydrogen (secondary N) is 1. The fourth-order valence-corrected chi connectivity index (χ4v) is 3.11. The normalized spacial score (nSPS) is 10.3. The number of amides is 1. The maximum Gasteiger partial charge on any atom is 0.255 e. The van der Waals surface area contributed by atoms with Crippen molar-refractivity contribution >= 4 is 29.0 Å². The molecule has 0 radical (unpaired) electrons. The minimum Gasteiger partial charge on any atom is -0.497 e. The van der Waals surface area contributed by atoms with Gasteiger partial charge in [0.1, 0.15) is 17.3 Å². The lowest BCUT2D eigenvalue weighted by molar-refractivity contribution is 0.102. The van der Waals surface area contributed by atoms with Gasteiger partial charge in [0.25, 0.3) is 5.91 Å². The van der Waals surface area contributed by atoms with Gasteiger partial charge in [-0.2, -0.15) is 0 Å². The fraction of sp³-hybridized carbons (Fsp3) is 0.0833. The lowest BCUT2D eigenvalue weighted by atomic mass is 10.1. The first-order valence-electron chi connectivity index (χ1n) is 9.80. The van der Waals surface area contributed by atoms with Crippen LogP contribution in [0.2, 0.25) is 0 Å². The predicted molar refractivity (Wildman–Crippen MR) is 122 cm³/mol. The lowest BCUT2D eigenvalue weighted by Gasteiger charge is -2.22. The van der Waals surface area contributed by atoms with Crippen LogP contribution in [0.25, 0.3) is 0 Å². The Morgan fingerprint density at radius 3 is 2.19 bits per heavy atom. The van der Waals surface area contributed by atoms with E-state index in [-0.39, 0.29) is 5.91 Å². The third kappa shape index (κ3) is 4.65. The van der Waals surface area contributed by atoms with Gasteiger partial charge in [-0.3, -0.25) is 9.69 Å². The largest absolute Gasteiger partial charge is 0.497 e. The van der Waals surface area contributed by atoms with Crippen LogP contribution in [0.1, 0.15) is 10.4 Å². The standard InChI is InChI=1S/C24H21N5O3/c1-31-20-13-17(14-21(16-20)32-2)23(30)28-18-7-5-8-19(15-18)29(22-9-3-4-10-25-22)24-26-11-6-12-27-24/h3-16H,1-2H3,(H,28,30). The van der Waals surface area contributed by atoms with Gasteiger partial charge in [0, 0.05) is 35.9 Å². The second-order valence-corrected chi connectivity index (χ2v) is 6.68. The monoisotopic (exact) mass is 427 g/mol. The summed E-state index contributed by atoms with van der Waals surface area (Å²) in [6.07, 6.45) is 5.03. The number of hydrogen-bond acceptors (Lipinski definition) is 7. The zero-order valence-corrected chi connectivity index (χ0v) is 17.6. The number of carbonyl (C=O) groups excluding carboxylic acids is 1. The molecule has 4 rings (SSSR count).